The van der Waals surface area contributed by atoms with Crippen molar-refractivity contribution in [2.24, 2.45) is 7.05 Å². The lowest BCUT2D eigenvalue weighted by atomic mass is 9.95. The second-order valence-electron chi connectivity index (χ2n) is 6.83. The molecule has 1 aromatic carbocycles. The van der Waals surface area contributed by atoms with E-state index in [-0.39, 0.29) is 41.4 Å². The molecule has 148 valence electrons. The Morgan fingerprint density at radius 1 is 1.32 bits per heavy atom. The Bertz CT molecular complexity index is 1050. The summed E-state index contributed by atoms with van der Waals surface area (Å²) in [5.41, 5.74) is -0.399. The highest BCUT2D eigenvalue weighted by Crippen LogP contribution is 2.29. The predicted octanol–water partition coefficient (Wildman–Crippen LogP) is 1.78. The van der Waals surface area contributed by atoms with Gasteiger partial charge in [0.15, 0.2) is 5.75 Å². The van der Waals surface area contributed by atoms with Crippen LogP contribution in [-0.4, -0.2) is 51.9 Å². The summed E-state index contributed by atoms with van der Waals surface area (Å²) in [4.78, 5) is 40.5. The molecule has 2 heterocycles. The molecule has 0 unspecified atom stereocenters. The molecule has 0 spiro atoms. The third-order valence-corrected chi connectivity index (χ3v) is 5.02. The number of carbonyl (C=O) groups is 2. The van der Waals surface area contributed by atoms with Gasteiger partial charge in [0.25, 0.3) is 17.4 Å². The van der Waals surface area contributed by atoms with Crippen LogP contribution in [0.4, 0.5) is 4.39 Å². The number of fused-ring (bicyclic) bond motifs is 1. The molecule has 2 amide bonds. The first-order valence-corrected chi connectivity index (χ1v) is 8.91. The standard InChI is InChI=1S/C19H19ClFN3O4/c1-22(2)18(27)15-12-6-7-24(9-10-4-5-11(20)8-13(10)21)17(26)14(12)16(25)19(28)23(15)3/h4-5,8,25H,6-7,9H2,1-3H3. The lowest BCUT2D eigenvalue weighted by Crippen LogP contribution is -2.42. The Balaban J connectivity index is 2.07. The van der Waals surface area contributed by atoms with E-state index in [2.05, 4.69) is 0 Å². The predicted molar refractivity (Wildman–Crippen MR) is 101 cm³/mol. The van der Waals surface area contributed by atoms with Crippen LogP contribution in [0.2, 0.25) is 5.02 Å². The molecule has 2 aromatic rings. The second-order valence-corrected chi connectivity index (χ2v) is 7.26. The number of amides is 2. The first-order chi connectivity index (χ1) is 13.1. The van der Waals surface area contributed by atoms with Gasteiger partial charge in [0.2, 0.25) is 0 Å². The van der Waals surface area contributed by atoms with Crippen molar-refractivity contribution in [2.45, 2.75) is 13.0 Å². The molecule has 1 N–H and O–H groups in total. The molecule has 0 aliphatic carbocycles. The SMILES string of the molecule is CN(C)C(=O)c1c2c(c(O)c(=O)n1C)C(=O)N(Cc1ccc(Cl)cc1F)CC2. The molecule has 9 heteroatoms. The van der Waals surface area contributed by atoms with Crippen LogP contribution in [0.25, 0.3) is 0 Å². The topological polar surface area (TPSA) is 82.9 Å². The summed E-state index contributed by atoms with van der Waals surface area (Å²) >= 11 is 5.75. The maximum atomic E-state index is 14.1. The molecule has 1 aromatic heterocycles. The van der Waals surface area contributed by atoms with Gasteiger partial charge in [-0.05, 0) is 18.6 Å². The summed E-state index contributed by atoms with van der Waals surface area (Å²) in [6, 6.07) is 4.15. The minimum atomic E-state index is -0.836. The van der Waals surface area contributed by atoms with Crippen molar-refractivity contribution >= 4 is 23.4 Å². The molecule has 1 aliphatic heterocycles. The molecule has 7 nitrogen and oxygen atoms in total. The quantitative estimate of drug-likeness (QED) is 0.840. The third-order valence-electron chi connectivity index (χ3n) is 4.78. The zero-order valence-corrected chi connectivity index (χ0v) is 16.4. The average molecular weight is 408 g/mol. The zero-order valence-electron chi connectivity index (χ0n) is 15.6. The van der Waals surface area contributed by atoms with E-state index in [1.165, 1.54) is 43.1 Å². The third kappa shape index (κ3) is 3.24. The lowest BCUT2D eigenvalue weighted by Gasteiger charge is -2.31. The van der Waals surface area contributed by atoms with Gasteiger partial charge in [0, 0.05) is 50.4 Å². The van der Waals surface area contributed by atoms with E-state index in [0.29, 0.717) is 5.56 Å². The molecule has 0 radical (unpaired) electrons. The van der Waals surface area contributed by atoms with Gasteiger partial charge in [-0.1, -0.05) is 17.7 Å². The molecule has 0 fully saturated rings. The molecule has 1 aliphatic rings. The summed E-state index contributed by atoms with van der Waals surface area (Å²) in [5, 5.41) is 10.6. The van der Waals surface area contributed by atoms with E-state index in [1.807, 2.05) is 0 Å². The number of hydrogen-bond acceptors (Lipinski definition) is 4. The number of aromatic nitrogens is 1. The van der Waals surface area contributed by atoms with E-state index in [1.54, 1.807) is 0 Å². The van der Waals surface area contributed by atoms with Crippen LogP contribution in [0.3, 0.4) is 0 Å². The highest BCUT2D eigenvalue weighted by Gasteiger charge is 2.34. The number of nitrogens with zero attached hydrogens (tertiary/aromatic N) is 3. The fourth-order valence-electron chi connectivity index (χ4n) is 3.30. The van der Waals surface area contributed by atoms with Gasteiger partial charge >= 0.3 is 0 Å². The number of aromatic hydroxyl groups is 1. The number of benzene rings is 1. The summed E-state index contributed by atoms with van der Waals surface area (Å²) in [6.07, 6.45) is 0.243. The van der Waals surface area contributed by atoms with Crippen LogP contribution in [0.5, 0.6) is 5.75 Å². The highest BCUT2D eigenvalue weighted by atomic mass is 35.5. The number of carbonyl (C=O) groups excluding carboxylic acids is 2. The Morgan fingerprint density at radius 3 is 2.61 bits per heavy atom. The minimum Gasteiger partial charge on any atom is -0.502 e. The summed E-state index contributed by atoms with van der Waals surface area (Å²) < 4.78 is 15.2. The van der Waals surface area contributed by atoms with Crippen molar-refractivity contribution in [3.8, 4) is 5.75 Å². The Labute approximate surface area is 165 Å². The van der Waals surface area contributed by atoms with Gasteiger partial charge in [0.05, 0.1) is 5.56 Å². The fraction of sp³-hybridized carbons (Fsp3) is 0.316. The van der Waals surface area contributed by atoms with Crippen LogP contribution >= 0.6 is 11.6 Å². The molecule has 3 rings (SSSR count). The highest BCUT2D eigenvalue weighted by molar-refractivity contribution is 6.30. The maximum Gasteiger partial charge on any atom is 0.293 e. The summed E-state index contributed by atoms with van der Waals surface area (Å²) in [7, 11) is 4.44. The van der Waals surface area contributed by atoms with Crippen molar-refractivity contribution in [3.05, 3.63) is 61.8 Å². The number of hydrogen-bond donors (Lipinski definition) is 1. The van der Waals surface area contributed by atoms with E-state index < -0.39 is 28.9 Å². The Hall–Kier alpha value is -2.87. The van der Waals surface area contributed by atoms with Crippen molar-refractivity contribution in [1.29, 1.82) is 0 Å². The summed E-state index contributed by atoms with van der Waals surface area (Å²) in [5.74, 6) is -2.33. The smallest absolute Gasteiger partial charge is 0.293 e. The molecular formula is C19H19ClFN3O4. The molecule has 0 saturated carbocycles. The Morgan fingerprint density at radius 2 is 2.00 bits per heavy atom. The minimum absolute atomic E-state index is 0.0487. The first kappa shape index (κ1) is 19.9. The van der Waals surface area contributed by atoms with E-state index in [9.17, 15) is 23.9 Å². The van der Waals surface area contributed by atoms with Gasteiger partial charge in [0.1, 0.15) is 11.5 Å². The van der Waals surface area contributed by atoms with Gasteiger partial charge in [-0.3, -0.25) is 14.4 Å². The normalized spacial score (nSPS) is 13.5. The van der Waals surface area contributed by atoms with Crippen molar-refractivity contribution in [3.63, 3.8) is 0 Å². The van der Waals surface area contributed by atoms with Crippen molar-refractivity contribution < 1.29 is 19.1 Å². The van der Waals surface area contributed by atoms with Crippen LogP contribution in [0.15, 0.2) is 23.0 Å². The average Bonchev–Trinajstić information content (AvgIpc) is 2.63. The Kier molecular flexibility index (Phi) is 5.16. The van der Waals surface area contributed by atoms with Crippen molar-refractivity contribution in [1.82, 2.24) is 14.4 Å². The fourth-order valence-corrected chi connectivity index (χ4v) is 3.46. The largest absolute Gasteiger partial charge is 0.502 e. The van der Waals surface area contributed by atoms with E-state index >= 15 is 0 Å². The van der Waals surface area contributed by atoms with Crippen LogP contribution in [0, 0.1) is 5.82 Å². The van der Waals surface area contributed by atoms with Crippen molar-refractivity contribution in [2.75, 3.05) is 20.6 Å². The lowest BCUT2D eigenvalue weighted by molar-refractivity contribution is 0.0718. The molecule has 0 atom stereocenters. The molecule has 28 heavy (non-hydrogen) atoms. The maximum absolute atomic E-state index is 14.1. The molecule has 0 saturated heterocycles. The van der Waals surface area contributed by atoms with Gasteiger partial charge in [-0.25, -0.2) is 4.39 Å². The number of pyridine rings is 1. The van der Waals surface area contributed by atoms with Crippen LogP contribution in [-0.2, 0) is 20.0 Å². The summed E-state index contributed by atoms with van der Waals surface area (Å²) in [6.45, 7) is 0.159. The molecule has 0 bridgehead atoms. The zero-order chi connectivity index (χ0) is 20.7. The van der Waals surface area contributed by atoms with E-state index in [0.717, 1.165) is 10.6 Å². The van der Waals surface area contributed by atoms with Crippen LogP contribution < -0.4 is 5.56 Å². The monoisotopic (exact) mass is 407 g/mol. The van der Waals surface area contributed by atoms with E-state index in [4.69, 9.17) is 11.6 Å². The van der Waals surface area contributed by atoms with Gasteiger partial charge < -0.3 is 19.5 Å². The van der Waals surface area contributed by atoms with Crippen LogP contribution in [0.1, 0.15) is 32.0 Å². The number of rotatable bonds is 3. The number of halogens is 2. The molecular weight excluding hydrogens is 389 g/mol. The van der Waals surface area contributed by atoms with Gasteiger partial charge in [-0.15, -0.1) is 0 Å². The second kappa shape index (κ2) is 7.27. The van der Waals surface area contributed by atoms with Gasteiger partial charge in [-0.2, -0.15) is 0 Å². The first-order valence-electron chi connectivity index (χ1n) is 8.53.